The molecule has 9 rings (SSSR count). The monoisotopic (exact) mass is 1900 g/mol. The molecule has 0 saturated heterocycles. The predicted octanol–water partition coefficient (Wildman–Crippen LogP) is 40.8. The van der Waals surface area contributed by atoms with E-state index in [1.807, 2.05) is 0 Å². The first kappa shape index (κ1) is 134. The van der Waals surface area contributed by atoms with Gasteiger partial charge in [0.2, 0.25) is 0 Å². The molecule has 0 aromatic heterocycles. The number of hydrogen-bond acceptors (Lipinski definition) is 5. The van der Waals surface area contributed by atoms with Gasteiger partial charge in [-0.05, 0) is 333 Å². The second-order valence-corrected chi connectivity index (χ2v) is 56.2. The second-order valence-electron chi connectivity index (χ2n) is 56.2. The van der Waals surface area contributed by atoms with Crippen molar-refractivity contribution in [2.75, 3.05) is 0 Å². The zero-order valence-corrected chi connectivity index (χ0v) is 101. The van der Waals surface area contributed by atoms with E-state index in [0.29, 0.717) is 58.9 Å². The van der Waals surface area contributed by atoms with Gasteiger partial charge < -0.3 is 26.6 Å². The van der Waals surface area contributed by atoms with Crippen molar-refractivity contribution in [1.82, 2.24) is 26.6 Å². The molecule has 5 nitrogen and oxygen atoms in total. The largest absolute Gasteiger partial charge is 0.311 e. The molecular formula is C131H257N5. The van der Waals surface area contributed by atoms with Gasteiger partial charge >= 0.3 is 0 Å². The molecular weight excluding hydrogens is 1640 g/mol. The third-order valence-corrected chi connectivity index (χ3v) is 30.9. The molecule has 0 amide bonds. The van der Waals surface area contributed by atoms with Crippen LogP contribution in [0.2, 0.25) is 0 Å². The van der Waals surface area contributed by atoms with E-state index < -0.39 is 0 Å². The predicted molar refractivity (Wildman–Crippen MR) is 621 cm³/mol. The molecule has 0 bridgehead atoms. The van der Waals surface area contributed by atoms with Crippen LogP contribution in [0.5, 0.6) is 0 Å². The van der Waals surface area contributed by atoms with Crippen LogP contribution in [0.15, 0.2) is 60.7 Å². The Morgan fingerprint density at radius 2 is 0.500 bits per heavy atom. The maximum absolute atomic E-state index is 3.83. The molecule has 2 aromatic rings. The maximum Gasteiger partial charge on any atom is 0.0186 e. The van der Waals surface area contributed by atoms with Gasteiger partial charge in [-0.2, -0.15) is 0 Å². The van der Waals surface area contributed by atoms with Crippen LogP contribution >= 0.6 is 0 Å². The van der Waals surface area contributed by atoms with Crippen molar-refractivity contribution < 1.29 is 0 Å². The van der Waals surface area contributed by atoms with E-state index in [1.54, 1.807) is 0 Å². The van der Waals surface area contributed by atoms with Crippen LogP contribution in [0.4, 0.5) is 0 Å². The molecule has 0 heterocycles. The van der Waals surface area contributed by atoms with Gasteiger partial charge in [-0.15, -0.1) is 0 Å². The van der Waals surface area contributed by atoms with Gasteiger partial charge in [0.05, 0.1) is 0 Å². The first-order valence-electron chi connectivity index (χ1n) is 60.2. The highest BCUT2D eigenvalue weighted by molar-refractivity contribution is 5.17. The third kappa shape index (κ3) is 66.4. The molecule has 0 unspecified atom stereocenters. The molecule has 806 valence electrons. The summed E-state index contributed by atoms with van der Waals surface area (Å²) in [6, 6.07) is 25.7. The van der Waals surface area contributed by atoms with Crippen molar-refractivity contribution in [2.24, 2.45) is 116 Å². The topological polar surface area (TPSA) is 60.1 Å². The fraction of sp³-hybridized carbons (Fsp3) is 0.908. The summed E-state index contributed by atoms with van der Waals surface area (Å²) in [5.74, 6) is 12.8. The van der Waals surface area contributed by atoms with Gasteiger partial charge in [0.15, 0.2) is 0 Å². The Hall–Kier alpha value is -1.76. The van der Waals surface area contributed by atoms with Gasteiger partial charge in [-0.3, -0.25) is 0 Å². The summed E-state index contributed by atoms with van der Waals surface area (Å²) in [5.41, 5.74) is 7.82. The van der Waals surface area contributed by atoms with E-state index in [4.69, 9.17) is 0 Å². The normalized spacial score (nSPS) is 19.0. The fourth-order valence-corrected chi connectivity index (χ4v) is 27.7. The Morgan fingerprint density at radius 1 is 0.243 bits per heavy atom. The van der Waals surface area contributed by atoms with E-state index >= 15 is 0 Å². The van der Waals surface area contributed by atoms with Gasteiger partial charge in [0.1, 0.15) is 0 Å². The van der Waals surface area contributed by atoms with Crippen molar-refractivity contribution in [1.29, 1.82) is 0 Å². The lowest BCUT2D eigenvalue weighted by Crippen LogP contribution is -2.50. The molecule has 7 aliphatic rings. The van der Waals surface area contributed by atoms with Crippen molar-refractivity contribution >= 4 is 0 Å². The number of nitrogens with one attached hydrogen (secondary N) is 5. The van der Waals surface area contributed by atoms with Gasteiger partial charge in [0, 0.05) is 58.9 Å². The van der Waals surface area contributed by atoms with Crippen molar-refractivity contribution in [3.8, 4) is 0 Å². The average molecular weight is 1900 g/mol. The highest BCUT2D eigenvalue weighted by Gasteiger charge is 2.41. The minimum Gasteiger partial charge on any atom is -0.311 e. The van der Waals surface area contributed by atoms with Gasteiger partial charge in [-0.25, -0.2) is 0 Å². The zero-order valence-electron chi connectivity index (χ0n) is 101. The molecule has 5 heteroatoms. The van der Waals surface area contributed by atoms with Crippen LogP contribution in [0, 0.1) is 116 Å². The molecule has 0 spiro atoms. The van der Waals surface area contributed by atoms with Crippen LogP contribution in [-0.4, -0.2) is 58.9 Å². The molecule has 7 fully saturated rings. The van der Waals surface area contributed by atoms with E-state index in [-0.39, 0.29) is 0 Å². The summed E-state index contributed by atoms with van der Waals surface area (Å²) in [5, 5.41) is 18.5. The lowest BCUT2D eigenvalue weighted by molar-refractivity contribution is 0.0717. The standard InChI is InChI=1S/2C15H25N.2C14H28.C13H27N.2C13H26.C12H25N.C12H24.C10H23N/c2*1-12(2)10-15(16-13(3)4)11-14-8-6-5-7-9-14;1-12(2)7-10-14(11-13(3)4)8-5-6-9-14;1-12(2)10-14(11-13(3)4)8-6-5-7-9-14;1-11(2)10-13(14-12(3)4)8-6-5-7-9-13;1-11(2)7-10-13(12(3)4)8-5-6-9-13;1-11(2)9-13(10-12(3)4)7-5-6-8-13;1-10(2)9-12(13-11(3)4)7-5-6-8-12;1-10(2)8-12(6-5-7-12)9-11(3)4;1-8(2)7-10(5,6)11-9(3)4/h2*5-9,12-13,15-16H,10-11H2,1-4H3;2*12-13H,5-11H2,1-4H3;11-12,14H,5-10H2,1-4H3;2*11-12H,5-10H2,1-4H3;10-11,13H,5-9H2,1-4H3;10-11H,5-9H2,1-4H3;8-9,11H,7H2,1-6H3/t2*15-;;;;;;;;/m10......../s1. The molecule has 136 heavy (non-hydrogen) atoms. The van der Waals surface area contributed by atoms with Crippen LogP contribution < -0.4 is 26.6 Å². The van der Waals surface area contributed by atoms with Crippen LogP contribution in [0.25, 0.3) is 0 Å². The van der Waals surface area contributed by atoms with Crippen LogP contribution in [0.1, 0.15) is 591 Å². The quantitative estimate of drug-likeness (QED) is 0.0458. The molecule has 2 aromatic carbocycles. The maximum atomic E-state index is 3.83. The first-order chi connectivity index (χ1) is 63.3. The Labute approximate surface area is 860 Å². The molecule has 2 atom stereocenters. The molecule has 0 aliphatic heterocycles. The highest BCUT2D eigenvalue weighted by Crippen LogP contribution is 2.53. The zero-order chi connectivity index (χ0) is 104. The summed E-state index contributed by atoms with van der Waals surface area (Å²) in [6.07, 6.45) is 67.4. The van der Waals surface area contributed by atoms with Gasteiger partial charge in [0.25, 0.3) is 0 Å². The fourth-order valence-electron chi connectivity index (χ4n) is 27.7. The van der Waals surface area contributed by atoms with Gasteiger partial charge in [-0.1, -0.05) is 447 Å². The number of hydrogen-bond donors (Lipinski definition) is 5. The van der Waals surface area contributed by atoms with E-state index in [0.717, 1.165) is 129 Å². The lowest BCUT2D eigenvalue weighted by atomic mass is 9.61. The summed E-state index contributed by atoms with van der Waals surface area (Å²) in [6.45, 7) is 97.5. The minimum absolute atomic E-state index is 0.294. The molecule has 7 saturated carbocycles. The number of benzene rings is 2. The van der Waals surface area contributed by atoms with Crippen molar-refractivity contribution in [2.45, 2.75) is 651 Å². The second kappa shape index (κ2) is 71.7. The van der Waals surface area contributed by atoms with Crippen LogP contribution in [-0.2, 0) is 12.8 Å². The SMILES string of the molecule is CC(C)CC(C)(C)NC(C)C.CC(C)CC1(CC(C)C)CCC1.CC(C)CC1(CC(C)C)CCCC1.CC(C)CC1(CC(C)C)CCCCC1.CC(C)CC1(NC(C)C)CCCC1.CC(C)CC1(NC(C)C)CCCCC1.CC(C)CCC1(C(C)C)CCCC1.CC(C)CCC1(CC(C)C)CCCC1.CC(C)C[C@@H](Cc1ccccc1)NC(C)C.CC(C)C[C@H](Cc1ccccc1)NC(C)C. The summed E-state index contributed by atoms with van der Waals surface area (Å²) < 4.78 is 0. The molecule has 5 N–H and O–H groups in total. The van der Waals surface area contributed by atoms with Crippen molar-refractivity contribution in [3.05, 3.63) is 71.8 Å². The van der Waals surface area contributed by atoms with Crippen molar-refractivity contribution in [3.63, 3.8) is 0 Å². The van der Waals surface area contributed by atoms with E-state index in [9.17, 15) is 0 Å². The summed E-state index contributed by atoms with van der Waals surface area (Å²) in [7, 11) is 0. The summed E-state index contributed by atoms with van der Waals surface area (Å²) >= 11 is 0. The first-order valence-corrected chi connectivity index (χ1v) is 60.2. The molecule has 7 aliphatic carbocycles. The van der Waals surface area contributed by atoms with Crippen LogP contribution in [0.3, 0.4) is 0 Å². The Bertz CT molecular complexity index is 2770. The Morgan fingerprint density at radius 3 is 0.743 bits per heavy atom. The minimum atomic E-state index is 0.294. The third-order valence-electron chi connectivity index (χ3n) is 30.9. The van der Waals surface area contributed by atoms with E-state index in [2.05, 4.69) is 378 Å². The van der Waals surface area contributed by atoms with E-state index in [1.165, 1.54) is 300 Å². The highest BCUT2D eigenvalue weighted by atomic mass is 15.0. The summed E-state index contributed by atoms with van der Waals surface area (Å²) in [4.78, 5) is 0. The Kier molecular flexibility index (Phi) is 70.8. The lowest BCUT2D eigenvalue weighted by Gasteiger charge is -2.44. The number of rotatable bonds is 45. The Balaban J connectivity index is 0.00000149. The smallest absolute Gasteiger partial charge is 0.0186 e. The average Bonchev–Trinajstić information content (AvgIpc) is 0.876. The molecule has 0 radical (unpaired) electrons.